The summed E-state index contributed by atoms with van der Waals surface area (Å²) in [6.07, 6.45) is 0. The molecular formula is C18H21NO2. The average Bonchev–Trinajstić information content (AvgIpc) is 2.46. The van der Waals surface area contributed by atoms with Crippen LogP contribution in [0.3, 0.4) is 0 Å². The molecule has 0 aliphatic heterocycles. The fraction of sp³-hybridized carbons (Fsp3) is 0.278. The minimum absolute atomic E-state index is 0.00247. The highest BCUT2D eigenvalue weighted by atomic mass is 16.5. The van der Waals surface area contributed by atoms with E-state index in [2.05, 4.69) is 26.1 Å². The molecule has 0 aliphatic rings. The van der Waals surface area contributed by atoms with E-state index < -0.39 is 0 Å². The van der Waals surface area contributed by atoms with Crippen molar-refractivity contribution in [2.75, 3.05) is 11.9 Å². The molecule has 3 heteroatoms. The van der Waals surface area contributed by atoms with Crippen molar-refractivity contribution in [1.29, 1.82) is 0 Å². The zero-order valence-electron chi connectivity index (χ0n) is 12.7. The SMILES string of the molecule is CC(C)(C)c1ccccc1NC(=O)COc1ccccc1. The maximum Gasteiger partial charge on any atom is 0.262 e. The van der Waals surface area contributed by atoms with Crippen LogP contribution < -0.4 is 10.1 Å². The van der Waals surface area contributed by atoms with Crippen LogP contribution in [0.1, 0.15) is 26.3 Å². The van der Waals surface area contributed by atoms with Crippen LogP contribution in [0.25, 0.3) is 0 Å². The van der Waals surface area contributed by atoms with Crippen molar-refractivity contribution in [3.8, 4) is 5.75 Å². The van der Waals surface area contributed by atoms with Gasteiger partial charge in [0.25, 0.3) is 5.91 Å². The third-order valence-electron chi connectivity index (χ3n) is 3.12. The maximum atomic E-state index is 12.0. The fourth-order valence-corrected chi connectivity index (χ4v) is 2.10. The lowest BCUT2D eigenvalue weighted by Gasteiger charge is -2.23. The van der Waals surface area contributed by atoms with Crippen molar-refractivity contribution in [2.45, 2.75) is 26.2 Å². The van der Waals surface area contributed by atoms with Crippen LogP contribution in [0.2, 0.25) is 0 Å². The molecule has 2 rings (SSSR count). The minimum Gasteiger partial charge on any atom is -0.484 e. The second-order valence-corrected chi connectivity index (χ2v) is 5.95. The lowest BCUT2D eigenvalue weighted by molar-refractivity contribution is -0.118. The molecule has 0 heterocycles. The van der Waals surface area contributed by atoms with E-state index in [0.29, 0.717) is 5.75 Å². The van der Waals surface area contributed by atoms with E-state index in [1.165, 1.54) is 0 Å². The number of hydrogen-bond acceptors (Lipinski definition) is 2. The first-order chi connectivity index (χ1) is 9.97. The molecule has 0 radical (unpaired) electrons. The first-order valence-corrected chi connectivity index (χ1v) is 7.04. The molecule has 0 fully saturated rings. The molecule has 0 saturated carbocycles. The van der Waals surface area contributed by atoms with Gasteiger partial charge in [0, 0.05) is 5.69 Å². The maximum absolute atomic E-state index is 12.0. The molecule has 2 aromatic carbocycles. The van der Waals surface area contributed by atoms with E-state index in [-0.39, 0.29) is 17.9 Å². The number of amides is 1. The van der Waals surface area contributed by atoms with Crippen LogP contribution in [0.15, 0.2) is 54.6 Å². The van der Waals surface area contributed by atoms with Gasteiger partial charge in [0.05, 0.1) is 0 Å². The highest BCUT2D eigenvalue weighted by Crippen LogP contribution is 2.29. The second-order valence-electron chi connectivity index (χ2n) is 5.95. The number of ether oxygens (including phenoxy) is 1. The molecule has 1 amide bonds. The molecule has 0 aliphatic carbocycles. The topological polar surface area (TPSA) is 38.3 Å². The van der Waals surface area contributed by atoms with Crippen molar-refractivity contribution in [1.82, 2.24) is 0 Å². The predicted molar refractivity (Wildman–Crippen MR) is 85.7 cm³/mol. The summed E-state index contributed by atoms with van der Waals surface area (Å²) in [5.74, 6) is 0.535. The Kier molecular flexibility index (Phi) is 4.63. The fourth-order valence-electron chi connectivity index (χ4n) is 2.10. The van der Waals surface area contributed by atoms with Crippen molar-refractivity contribution < 1.29 is 9.53 Å². The van der Waals surface area contributed by atoms with Crippen molar-refractivity contribution in [3.05, 3.63) is 60.2 Å². The molecule has 0 atom stereocenters. The van der Waals surface area contributed by atoms with Gasteiger partial charge < -0.3 is 10.1 Å². The van der Waals surface area contributed by atoms with Crippen LogP contribution in [-0.4, -0.2) is 12.5 Å². The highest BCUT2D eigenvalue weighted by molar-refractivity contribution is 5.92. The first kappa shape index (κ1) is 15.1. The summed E-state index contributed by atoms with van der Waals surface area (Å²) in [5.41, 5.74) is 1.93. The molecule has 0 aromatic heterocycles. The molecule has 2 aromatic rings. The van der Waals surface area contributed by atoms with E-state index in [1.807, 2.05) is 54.6 Å². The van der Waals surface area contributed by atoms with Crippen LogP contribution in [0, 0.1) is 0 Å². The summed E-state index contributed by atoms with van der Waals surface area (Å²) in [6.45, 7) is 6.37. The molecule has 0 spiro atoms. The van der Waals surface area contributed by atoms with Crippen molar-refractivity contribution >= 4 is 11.6 Å². The van der Waals surface area contributed by atoms with Crippen LogP contribution in [0.5, 0.6) is 5.75 Å². The summed E-state index contributed by atoms with van der Waals surface area (Å²) in [6, 6.07) is 17.2. The predicted octanol–water partition coefficient (Wildman–Crippen LogP) is 4.00. The Morgan fingerprint density at radius 3 is 2.29 bits per heavy atom. The quantitative estimate of drug-likeness (QED) is 0.921. The normalized spacial score (nSPS) is 11.0. The molecule has 110 valence electrons. The third-order valence-corrected chi connectivity index (χ3v) is 3.12. The van der Waals surface area contributed by atoms with Gasteiger partial charge in [-0.15, -0.1) is 0 Å². The highest BCUT2D eigenvalue weighted by Gasteiger charge is 2.18. The van der Waals surface area contributed by atoms with Crippen LogP contribution >= 0.6 is 0 Å². The summed E-state index contributed by atoms with van der Waals surface area (Å²) >= 11 is 0. The molecule has 0 unspecified atom stereocenters. The number of carbonyl (C=O) groups excluding carboxylic acids is 1. The zero-order valence-corrected chi connectivity index (χ0v) is 12.7. The van der Waals surface area contributed by atoms with Gasteiger partial charge in [0.1, 0.15) is 5.75 Å². The third kappa shape index (κ3) is 4.35. The van der Waals surface area contributed by atoms with Crippen LogP contribution in [0.4, 0.5) is 5.69 Å². The smallest absolute Gasteiger partial charge is 0.262 e. The van der Waals surface area contributed by atoms with E-state index >= 15 is 0 Å². The number of hydrogen-bond donors (Lipinski definition) is 1. The van der Waals surface area contributed by atoms with E-state index in [9.17, 15) is 4.79 Å². The number of anilines is 1. The van der Waals surface area contributed by atoms with E-state index in [0.717, 1.165) is 11.3 Å². The monoisotopic (exact) mass is 283 g/mol. The number of benzene rings is 2. The summed E-state index contributed by atoms with van der Waals surface area (Å²) in [4.78, 5) is 12.0. The molecule has 21 heavy (non-hydrogen) atoms. The summed E-state index contributed by atoms with van der Waals surface area (Å²) < 4.78 is 5.45. The van der Waals surface area contributed by atoms with Gasteiger partial charge in [-0.2, -0.15) is 0 Å². The Morgan fingerprint density at radius 2 is 1.62 bits per heavy atom. The minimum atomic E-state index is -0.157. The van der Waals surface area contributed by atoms with Crippen molar-refractivity contribution in [2.24, 2.45) is 0 Å². The largest absolute Gasteiger partial charge is 0.484 e. The van der Waals surface area contributed by atoms with Gasteiger partial charge in [-0.05, 0) is 29.2 Å². The van der Waals surface area contributed by atoms with Crippen LogP contribution in [-0.2, 0) is 10.2 Å². The van der Waals surface area contributed by atoms with E-state index in [1.54, 1.807) is 0 Å². The number of nitrogens with one attached hydrogen (secondary N) is 1. The first-order valence-electron chi connectivity index (χ1n) is 7.04. The van der Waals surface area contributed by atoms with Gasteiger partial charge in [0.2, 0.25) is 0 Å². The Balaban J connectivity index is 2.00. The zero-order chi connectivity index (χ0) is 15.3. The lowest BCUT2D eigenvalue weighted by atomic mass is 9.86. The van der Waals surface area contributed by atoms with Gasteiger partial charge in [-0.1, -0.05) is 57.2 Å². The molecule has 0 bridgehead atoms. The summed E-state index contributed by atoms with van der Waals surface area (Å²) in [5, 5.41) is 2.92. The Morgan fingerprint density at radius 1 is 1.00 bits per heavy atom. The molecule has 3 nitrogen and oxygen atoms in total. The number of carbonyl (C=O) groups is 1. The van der Waals surface area contributed by atoms with Gasteiger partial charge in [0.15, 0.2) is 6.61 Å². The Labute approximate surface area is 126 Å². The van der Waals surface area contributed by atoms with Crippen molar-refractivity contribution in [3.63, 3.8) is 0 Å². The number of para-hydroxylation sites is 2. The van der Waals surface area contributed by atoms with E-state index in [4.69, 9.17) is 4.74 Å². The number of rotatable bonds is 4. The molecule has 0 saturated heterocycles. The van der Waals surface area contributed by atoms with Gasteiger partial charge in [-0.3, -0.25) is 4.79 Å². The van der Waals surface area contributed by atoms with Gasteiger partial charge >= 0.3 is 0 Å². The molecule has 1 N–H and O–H groups in total. The Hall–Kier alpha value is -2.29. The molecular weight excluding hydrogens is 262 g/mol. The average molecular weight is 283 g/mol. The van der Waals surface area contributed by atoms with Gasteiger partial charge in [-0.25, -0.2) is 0 Å². The lowest BCUT2D eigenvalue weighted by Crippen LogP contribution is -2.23. The summed E-state index contributed by atoms with van der Waals surface area (Å²) in [7, 11) is 0. The Bertz CT molecular complexity index is 600. The standard InChI is InChI=1S/C18H21NO2/c1-18(2,3)15-11-7-8-12-16(15)19-17(20)13-21-14-9-5-4-6-10-14/h4-12H,13H2,1-3H3,(H,19,20). The second kappa shape index (κ2) is 6.44.